The van der Waals surface area contributed by atoms with Gasteiger partial charge in [0.1, 0.15) is 11.7 Å². The molecule has 3 fully saturated rings. The lowest BCUT2D eigenvalue weighted by molar-refractivity contribution is -0.233. The summed E-state index contributed by atoms with van der Waals surface area (Å²) in [5.74, 6) is -4.41. The zero-order valence-corrected chi connectivity index (χ0v) is 22.8. The van der Waals surface area contributed by atoms with Gasteiger partial charge in [0, 0.05) is 30.9 Å². The second kappa shape index (κ2) is 8.90. The second-order valence-electron chi connectivity index (χ2n) is 11.6. The number of aliphatic hydroxyl groups is 3. The first-order valence-corrected chi connectivity index (χ1v) is 13.3. The van der Waals surface area contributed by atoms with Crippen LogP contribution in [0, 0.1) is 11.8 Å². The predicted molar refractivity (Wildman–Crippen MR) is 133 cm³/mol. The number of esters is 1. The first-order chi connectivity index (χ1) is 18.1. The van der Waals surface area contributed by atoms with E-state index in [1.807, 2.05) is 6.92 Å². The van der Waals surface area contributed by atoms with Crippen LogP contribution in [-0.4, -0.2) is 91.1 Å². The number of fused-ring (bicyclic) bond motifs is 2. The number of Topliss-reactive ketones (excluding diaryl/α,β-unsaturated/α-hetero) is 1. The van der Waals surface area contributed by atoms with E-state index in [9.17, 15) is 34.5 Å². The summed E-state index contributed by atoms with van der Waals surface area (Å²) in [6.07, 6.45) is 0.861. The maximum atomic E-state index is 13.8. The van der Waals surface area contributed by atoms with Gasteiger partial charge in [-0.3, -0.25) is 24.1 Å². The Morgan fingerprint density at radius 1 is 1.18 bits per heavy atom. The minimum atomic E-state index is -2.51. The molecule has 0 aromatic carbocycles. The standard InChI is InChI=1S/C28H35NO10/c1-12-11-27(15(4)38-16(5)30)24(33)26(6,35)25(34)29(27)20-10-17(31)9-18-23(13(2)22(12)28(18,20)36)39-21-8-7-19(32)14(3)37-21/h9-11,13-15,19,21-23,32,35-36H,7-8H2,1-6H3/t13-,14-,15?,19-,21+,22-,23+,26-,27?,28+/m1/s1. The molecule has 11 heteroatoms. The van der Waals surface area contributed by atoms with Crippen molar-refractivity contribution in [1.82, 2.24) is 4.90 Å². The molecule has 212 valence electrons. The number of allylic oxidation sites excluding steroid dienone is 2. The Balaban J connectivity index is 1.68. The monoisotopic (exact) mass is 545 g/mol. The van der Waals surface area contributed by atoms with Crippen LogP contribution in [0.4, 0.5) is 0 Å². The molecule has 0 bridgehead atoms. The van der Waals surface area contributed by atoms with Crippen LogP contribution in [0.1, 0.15) is 54.4 Å². The Morgan fingerprint density at radius 2 is 1.85 bits per heavy atom. The molecule has 39 heavy (non-hydrogen) atoms. The van der Waals surface area contributed by atoms with Crippen LogP contribution in [-0.2, 0) is 33.4 Å². The van der Waals surface area contributed by atoms with Crippen molar-refractivity contribution in [3.8, 4) is 0 Å². The fourth-order valence-corrected chi connectivity index (χ4v) is 7.23. The van der Waals surface area contributed by atoms with Gasteiger partial charge in [-0.1, -0.05) is 12.5 Å². The highest BCUT2D eigenvalue weighted by Gasteiger charge is 2.73. The van der Waals surface area contributed by atoms with E-state index in [-0.39, 0.29) is 11.3 Å². The van der Waals surface area contributed by atoms with E-state index in [1.54, 1.807) is 13.8 Å². The van der Waals surface area contributed by atoms with Crippen molar-refractivity contribution in [2.24, 2.45) is 11.8 Å². The number of hydrogen-bond donors (Lipinski definition) is 3. The van der Waals surface area contributed by atoms with Crippen LogP contribution >= 0.6 is 0 Å². The van der Waals surface area contributed by atoms with E-state index in [0.29, 0.717) is 18.4 Å². The highest BCUT2D eigenvalue weighted by molar-refractivity contribution is 6.22. The van der Waals surface area contributed by atoms with Crippen LogP contribution in [0.15, 0.2) is 35.1 Å². The van der Waals surface area contributed by atoms with Crippen molar-refractivity contribution in [2.75, 3.05) is 0 Å². The molecular weight excluding hydrogens is 510 g/mol. The van der Waals surface area contributed by atoms with Crippen molar-refractivity contribution in [3.05, 3.63) is 35.1 Å². The lowest BCUT2D eigenvalue weighted by Gasteiger charge is -2.43. The summed E-state index contributed by atoms with van der Waals surface area (Å²) in [6, 6.07) is 0. The van der Waals surface area contributed by atoms with Crippen LogP contribution < -0.4 is 0 Å². The van der Waals surface area contributed by atoms with Crippen molar-refractivity contribution in [1.29, 1.82) is 0 Å². The molecule has 3 heterocycles. The van der Waals surface area contributed by atoms with E-state index in [0.717, 1.165) is 24.8 Å². The summed E-state index contributed by atoms with van der Waals surface area (Å²) < 4.78 is 17.6. The molecule has 1 saturated carbocycles. The van der Waals surface area contributed by atoms with Gasteiger partial charge in [0.15, 0.2) is 17.6 Å². The highest BCUT2D eigenvalue weighted by Crippen LogP contribution is 2.59. The van der Waals surface area contributed by atoms with Gasteiger partial charge in [-0.05, 0) is 52.2 Å². The maximum absolute atomic E-state index is 13.8. The third-order valence-electron chi connectivity index (χ3n) is 9.01. The number of ether oxygens (including phenoxy) is 3. The number of ketones is 2. The first kappa shape index (κ1) is 27.9. The molecule has 2 unspecified atom stereocenters. The fraction of sp³-hybridized carbons (Fsp3) is 0.643. The van der Waals surface area contributed by atoms with Crippen LogP contribution in [0.5, 0.6) is 0 Å². The fourth-order valence-electron chi connectivity index (χ4n) is 7.23. The third kappa shape index (κ3) is 3.67. The van der Waals surface area contributed by atoms with Crippen molar-refractivity contribution >= 4 is 23.4 Å². The Hall–Kier alpha value is -2.70. The van der Waals surface area contributed by atoms with Crippen LogP contribution in [0.2, 0.25) is 0 Å². The maximum Gasteiger partial charge on any atom is 0.303 e. The van der Waals surface area contributed by atoms with Crippen molar-refractivity contribution in [3.63, 3.8) is 0 Å². The highest BCUT2D eigenvalue weighted by atomic mass is 16.7. The third-order valence-corrected chi connectivity index (χ3v) is 9.01. The second-order valence-corrected chi connectivity index (χ2v) is 11.6. The Kier molecular flexibility index (Phi) is 6.36. The average molecular weight is 546 g/mol. The summed E-state index contributed by atoms with van der Waals surface area (Å²) in [6.45, 7) is 8.92. The molecule has 1 amide bonds. The Bertz CT molecular complexity index is 1250. The van der Waals surface area contributed by atoms with Gasteiger partial charge in [-0.15, -0.1) is 0 Å². The van der Waals surface area contributed by atoms with Crippen molar-refractivity contribution < 1.29 is 48.7 Å². The van der Waals surface area contributed by atoms with Gasteiger partial charge in [0.2, 0.25) is 11.4 Å². The molecule has 5 rings (SSSR count). The number of nitrogens with zero attached hydrogens (tertiary/aromatic N) is 1. The van der Waals surface area contributed by atoms with E-state index in [2.05, 4.69) is 0 Å². The van der Waals surface area contributed by atoms with Gasteiger partial charge in [0.25, 0.3) is 5.91 Å². The molecule has 3 N–H and O–H groups in total. The van der Waals surface area contributed by atoms with Gasteiger partial charge in [-0.25, -0.2) is 0 Å². The lowest BCUT2D eigenvalue weighted by atomic mass is 9.75. The van der Waals surface area contributed by atoms with Gasteiger partial charge in [-0.2, -0.15) is 0 Å². The summed E-state index contributed by atoms with van der Waals surface area (Å²) >= 11 is 0. The Labute approximate surface area is 226 Å². The largest absolute Gasteiger partial charge is 0.459 e. The number of hydrogen-bond acceptors (Lipinski definition) is 10. The zero-order valence-electron chi connectivity index (χ0n) is 22.8. The van der Waals surface area contributed by atoms with Crippen LogP contribution in [0.25, 0.3) is 0 Å². The summed E-state index contributed by atoms with van der Waals surface area (Å²) in [4.78, 5) is 53.6. The van der Waals surface area contributed by atoms with Crippen molar-refractivity contribution in [2.45, 2.75) is 102 Å². The number of aliphatic hydroxyl groups excluding tert-OH is 1. The summed E-state index contributed by atoms with van der Waals surface area (Å²) in [5, 5.41) is 33.7. The minimum absolute atomic E-state index is 0.176. The summed E-state index contributed by atoms with van der Waals surface area (Å²) in [5.41, 5.74) is -5.93. The molecule has 0 aromatic heterocycles. The molecule has 5 aliphatic rings. The molecule has 0 aromatic rings. The molecule has 0 radical (unpaired) electrons. The first-order valence-electron chi connectivity index (χ1n) is 13.3. The number of rotatable bonds is 4. The summed E-state index contributed by atoms with van der Waals surface area (Å²) in [7, 11) is 0. The molecule has 2 saturated heterocycles. The van der Waals surface area contributed by atoms with E-state index >= 15 is 0 Å². The number of carbonyl (C=O) groups excluding carboxylic acids is 4. The van der Waals surface area contributed by atoms with Gasteiger partial charge < -0.3 is 29.5 Å². The van der Waals surface area contributed by atoms with E-state index < -0.39 is 82.7 Å². The Morgan fingerprint density at radius 3 is 2.46 bits per heavy atom. The molecule has 11 nitrogen and oxygen atoms in total. The molecular formula is C28H35NO10. The molecule has 0 spiro atoms. The quantitative estimate of drug-likeness (QED) is 0.257. The van der Waals surface area contributed by atoms with Crippen LogP contribution in [0.3, 0.4) is 0 Å². The van der Waals surface area contributed by atoms with E-state index in [4.69, 9.17) is 14.2 Å². The molecule has 3 aliphatic heterocycles. The predicted octanol–water partition coefficient (Wildman–Crippen LogP) is 0.460. The SMILES string of the molecule is CC(=O)OC(C)C12C=C(C)[C@@H]3[C@@H](C)[C@H](O[C@H]4CC[C@@H](O)[C@@H](C)O4)C4=CC(=O)C=C(N1C(=O)[C@](C)(O)C2=O)[C@@]43O. The lowest BCUT2D eigenvalue weighted by Crippen LogP contribution is -2.59. The minimum Gasteiger partial charge on any atom is -0.459 e. The topological polar surface area (TPSA) is 160 Å². The molecule has 10 atom stereocenters. The van der Waals surface area contributed by atoms with E-state index in [1.165, 1.54) is 19.1 Å². The normalized spacial score (nSPS) is 44.2. The average Bonchev–Trinajstić information content (AvgIpc) is 3.09. The molecule has 2 aliphatic carbocycles. The zero-order chi connectivity index (χ0) is 28.8. The van der Waals surface area contributed by atoms with Gasteiger partial charge >= 0.3 is 5.97 Å². The number of amides is 1. The smallest absolute Gasteiger partial charge is 0.303 e. The van der Waals surface area contributed by atoms with Gasteiger partial charge in [0.05, 0.1) is 24.0 Å². The number of carbonyl (C=O) groups is 4.